The van der Waals surface area contributed by atoms with Crippen LogP contribution in [0.25, 0.3) is 0 Å². The Kier molecular flexibility index (Phi) is 6.01. The second-order valence-corrected chi connectivity index (χ2v) is 6.89. The molecule has 0 radical (unpaired) electrons. The highest BCUT2D eigenvalue weighted by Gasteiger charge is 2.39. The fourth-order valence-electron chi connectivity index (χ4n) is 2.61. The van der Waals surface area contributed by atoms with E-state index in [1.54, 1.807) is 19.1 Å². The van der Waals surface area contributed by atoms with Gasteiger partial charge in [-0.05, 0) is 35.0 Å². The van der Waals surface area contributed by atoms with Crippen LogP contribution in [0, 0.1) is 0 Å². The summed E-state index contributed by atoms with van der Waals surface area (Å²) in [6.07, 6.45) is -1.87. The molecular formula is C17H16BrF3N6O3. The molecule has 0 aliphatic rings. The summed E-state index contributed by atoms with van der Waals surface area (Å²) < 4.78 is 46.0. The van der Waals surface area contributed by atoms with Crippen molar-refractivity contribution in [1.82, 2.24) is 24.9 Å². The summed E-state index contributed by atoms with van der Waals surface area (Å²) in [5.74, 6) is -0.959. The van der Waals surface area contributed by atoms with E-state index >= 15 is 0 Å². The van der Waals surface area contributed by atoms with Crippen LogP contribution in [0.3, 0.4) is 0 Å². The van der Waals surface area contributed by atoms with Crippen molar-refractivity contribution < 1.29 is 27.2 Å². The third-order valence-corrected chi connectivity index (χ3v) is 4.78. The van der Waals surface area contributed by atoms with Crippen molar-refractivity contribution in [1.29, 1.82) is 0 Å². The van der Waals surface area contributed by atoms with Gasteiger partial charge in [0.2, 0.25) is 0 Å². The van der Waals surface area contributed by atoms with Crippen molar-refractivity contribution in [2.75, 3.05) is 5.32 Å². The first-order chi connectivity index (χ1) is 14.1. The van der Waals surface area contributed by atoms with E-state index in [-0.39, 0.29) is 23.6 Å². The summed E-state index contributed by atoms with van der Waals surface area (Å²) >= 11 is 2.79. The Morgan fingerprint density at radius 1 is 1.27 bits per heavy atom. The van der Waals surface area contributed by atoms with Gasteiger partial charge in [-0.15, -0.1) is 0 Å². The molecule has 0 atom stereocenters. The number of nitrogens with one attached hydrogen (secondary N) is 2. The molecule has 9 nitrogen and oxygen atoms in total. The zero-order chi connectivity index (χ0) is 22.1. The summed E-state index contributed by atoms with van der Waals surface area (Å²) in [6.45, 7) is 2.28. The molecule has 3 rings (SSSR count). The molecule has 0 aromatic carbocycles. The summed E-state index contributed by atoms with van der Waals surface area (Å²) in [5.41, 5.74) is -1.63. The number of nitrogens with zero attached hydrogens (tertiary/aromatic N) is 4. The van der Waals surface area contributed by atoms with E-state index in [0.717, 1.165) is 4.68 Å². The lowest BCUT2D eigenvalue weighted by Gasteiger charge is -2.07. The molecule has 0 fully saturated rings. The molecule has 0 saturated heterocycles. The third kappa shape index (κ3) is 4.40. The van der Waals surface area contributed by atoms with E-state index in [1.807, 2.05) is 0 Å². The van der Waals surface area contributed by atoms with Crippen LogP contribution in [0.1, 0.15) is 39.4 Å². The van der Waals surface area contributed by atoms with Gasteiger partial charge in [0.15, 0.2) is 11.4 Å². The van der Waals surface area contributed by atoms with Crippen molar-refractivity contribution in [2.45, 2.75) is 26.2 Å². The van der Waals surface area contributed by atoms with Gasteiger partial charge in [0.25, 0.3) is 11.8 Å². The quantitative estimate of drug-likeness (QED) is 0.553. The van der Waals surface area contributed by atoms with Crippen LogP contribution in [0.5, 0.6) is 0 Å². The Bertz CT molecular complexity index is 1070. The molecule has 0 unspecified atom stereocenters. The first kappa shape index (κ1) is 21.6. The molecule has 3 heterocycles. The van der Waals surface area contributed by atoms with Crippen LogP contribution in [0.2, 0.25) is 0 Å². The van der Waals surface area contributed by atoms with Crippen molar-refractivity contribution in [3.05, 3.63) is 51.9 Å². The Hall–Kier alpha value is -3.09. The summed E-state index contributed by atoms with van der Waals surface area (Å²) in [4.78, 5) is 25.2. The number of aromatic nitrogens is 4. The molecule has 0 saturated carbocycles. The number of hydrogen-bond acceptors (Lipinski definition) is 5. The molecule has 3 aromatic heterocycles. The lowest BCUT2D eigenvalue weighted by Crippen LogP contribution is -2.25. The highest BCUT2D eigenvalue weighted by atomic mass is 79.9. The number of carbonyl (C=O) groups excluding carboxylic acids is 2. The molecule has 2 amide bonds. The summed E-state index contributed by atoms with van der Waals surface area (Å²) in [6, 6.07) is 3.34. The molecule has 0 aliphatic heterocycles. The Morgan fingerprint density at radius 3 is 2.57 bits per heavy atom. The zero-order valence-electron chi connectivity index (χ0n) is 15.7. The van der Waals surface area contributed by atoms with Gasteiger partial charge in [0, 0.05) is 19.8 Å². The van der Waals surface area contributed by atoms with E-state index in [2.05, 4.69) is 36.8 Å². The number of halogens is 4. The van der Waals surface area contributed by atoms with Crippen LogP contribution >= 0.6 is 15.9 Å². The minimum atomic E-state index is -4.74. The summed E-state index contributed by atoms with van der Waals surface area (Å²) in [5, 5.41) is 12.5. The van der Waals surface area contributed by atoms with Gasteiger partial charge in [-0.3, -0.25) is 19.0 Å². The van der Waals surface area contributed by atoms with E-state index in [9.17, 15) is 22.8 Å². The molecular weight excluding hydrogens is 473 g/mol. The second kappa shape index (κ2) is 8.34. The maximum atomic E-state index is 13.0. The van der Waals surface area contributed by atoms with Crippen LogP contribution in [-0.2, 0) is 26.3 Å². The number of carbonyl (C=O) groups is 2. The van der Waals surface area contributed by atoms with E-state index in [4.69, 9.17) is 4.42 Å². The summed E-state index contributed by atoms with van der Waals surface area (Å²) in [7, 11) is 1.21. The Morgan fingerprint density at radius 2 is 2.00 bits per heavy atom. The van der Waals surface area contributed by atoms with Gasteiger partial charge in [-0.2, -0.15) is 23.4 Å². The monoisotopic (exact) mass is 488 g/mol. The smallest absolute Gasteiger partial charge is 0.436 e. The van der Waals surface area contributed by atoms with Crippen molar-refractivity contribution in [3.63, 3.8) is 0 Å². The van der Waals surface area contributed by atoms with Crippen LogP contribution < -0.4 is 10.6 Å². The van der Waals surface area contributed by atoms with Crippen LogP contribution in [-0.4, -0.2) is 31.4 Å². The number of rotatable bonds is 6. The number of anilines is 1. The SMILES string of the molecule is CCn1cc(NC(=O)c2c(Br)c(C(F)(F)F)nn2C)c(C(=O)NCc2ccco2)n1. The molecule has 30 heavy (non-hydrogen) atoms. The minimum Gasteiger partial charge on any atom is -0.467 e. The number of hydrogen-bond donors (Lipinski definition) is 2. The van der Waals surface area contributed by atoms with E-state index in [0.29, 0.717) is 12.3 Å². The number of alkyl halides is 3. The van der Waals surface area contributed by atoms with Gasteiger partial charge in [0.1, 0.15) is 11.5 Å². The minimum absolute atomic E-state index is 0.0421. The first-order valence-electron chi connectivity index (χ1n) is 8.60. The van der Waals surface area contributed by atoms with Crippen molar-refractivity contribution in [2.24, 2.45) is 7.05 Å². The lowest BCUT2D eigenvalue weighted by molar-refractivity contribution is -0.142. The number of aryl methyl sites for hydroxylation is 2. The van der Waals surface area contributed by atoms with Gasteiger partial charge >= 0.3 is 6.18 Å². The predicted octanol–water partition coefficient (Wildman–Crippen LogP) is 3.19. The lowest BCUT2D eigenvalue weighted by atomic mass is 10.3. The predicted molar refractivity (Wildman–Crippen MR) is 102 cm³/mol. The molecule has 0 aliphatic carbocycles. The van der Waals surface area contributed by atoms with Gasteiger partial charge < -0.3 is 15.1 Å². The van der Waals surface area contributed by atoms with Crippen LogP contribution in [0.4, 0.5) is 18.9 Å². The normalized spacial score (nSPS) is 11.5. The molecule has 160 valence electrons. The standard InChI is InChI=1S/C17H16BrF3N6O3/c1-3-27-8-10(12(24-27)15(28)22-7-9-5-4-6-30-9)23-16(29)13-11(18)14(17(19,20)21)25-26(13)2/h4-6,8H,3,7H2,1-2H3,(H,22,28)(H,23,29). The largest absolute Gasteiger partial charge is 0.467 e. The van der Waals surface area contributed by atoms with Gasteiger partial charge in [-0.25, -0.2) is 0 Å². The molecule has 0 bridgehead atoms. The van der Waals surface area contributed by atoms with Gasteiger partial charge in [-0.1, -0.05) is 0 Å². The third-order valence-electron chi connectivity index (χ3n) is 4.03. The molecule has 0 spiro atoms. The maximum Gasteiger partial charge on any atom is 0.436 e. The number of furan rings is 1. The average molecular weight is 489 g/mol. The zero-order valence-corrected chi connectivity index (χ0v) is 17.3. The van der Waals surface area contributed by atoms with Crippen molar-refractivity contribution in [3.8, 4) is 0 Å². The Balaban J connectivity index is 1.84. The second-order valence-electron chi connectivity index (χ2n) is 6.10. The van der Waals surface area contributed by atoms with E-state index in [1.165, 1.54) is 24.2 Å². The van der Waals surface area contributed by atoms with Crippen molar-refractivity contribution >= 4 is 33.4 Å². The molecule has 13 heteroatoms. The number of amides is 2. The van der Waals surface area contributed by atoms with E-state index < -0.39 is 28.2 Å². The Labute approximate surface area is 176 Å². The maximum absolute atomic E-state index is 13.0. The topological polar surface area (TPSA) is 107 Å². The molecule has 3 aromatic rings. The first-order valence-corrected chi connectivity index (χ1v) is 9.40. The van der Waals surface area contributed by atoms with Crippen LogP contribution in [0.15, 0.2) is 33.5 Å². The highest BCUT2D eigenvalue weighted by Crippen LogP contribution is 2.35. The fourth-order valence-corrected chi connectivity index (χ4v) is 3.35. The molecule has 2 N–H and O–H groups in total. The van der Waals surface area contributed by atoms with Gasteiger partial charge in [0.05, 0.1) is 23.0 Å². The average Bonchev–Trinajstić information content (AvgIpc) is 3.38. The highest BCUT2D eigenvalue weighted by molar-refractivity contribution is 9.10. The fraction of sp³-hybridized carbons (Fsp3) is 0.294.